The van der Waals surface area contributed by atoms with Gasteiger partial charge in [0, 0.05) is 10.5 Å². The summed E-state index contributed by atoms with van der Waals surface area (Å²) in [4.78, 5) is 4.57. The lowest BCUT2D eigenvalue weighted by Crippen LogP contribution is -1.95. The van der Waals surface area contributed by atoms with Crippen LogP contribution in [0.5, 0.6) is 0 Å². The summed E-state index contributed by atoms with van der Waals surface area (Å²) in [6, 6.07) is 7.03. The van der Waals surface area contributed by atoms with Crippen LogP contribution in [-0.4, -0.2) is 9.55 Å². The van der Waals surface area contributed by atoms with E-state index in [1.165, 1.54) is 18.4 Å². The molecule has 1 aliphatic carbocycles. The number of aromatic nitrogens is 2. The maximum atomic E-state index is 4.57. The van der Waals surface area contributed by atoms with Crippen molar-refractivity contribution in [1.29, 1.82) is 0 Å². The van der Waals surface area contributed by atoms with E-state index in [0.29, 0.717) is 6.04 Å². The molecule has 0 spiro atoms. The minimum absolute atomic E-state index is 0.709. The fourth-order valence-corrected chi connectivity index (χ4v) is 2.34. The molecule has 1 heterocycles. The molecule has 0 atom stereocenters. The molecule has 0 amide bonds. The van der Waals surface area contributed by atoms with E-state index in [4.69, 9.17) is 0 Å². The van der Waals surface area contributed by atoms with Crippen molar-refractivity contribution in [3.8, 4) is 0 Å². The van der Waals surface area contributed by atoms with Crippen molar-refractivity contribution in [3.05, 3.63) is 28.5 Å². The number of rotatable bonds is 1. The molecule has 2 aromatic rings. The number of halogens is 1. The van der Waals surface area contributed by atoms with Crippen LogP contribution in [0.3, 0.4) is 0 Å². The third kappa shape index (κ3) is 1.19. The summed E-state index contributed by atoms with van der Waals surface area (Å²) in [7, 11) is 0. The third-order valence-corrected chi connectivity index (χ3v) is 3.23. The van der Waals surface area contributed by atoms with Gasteiger partial charge in [-0.2, -0.15) is 0 Å². The highest BCUT2D eigenvalue weighted by Crippen LogP contribution is 2.38. The fraction of sp³-hybridized carbons (Fsp3) is 0.364. The Hall–Kier alpha value is -0.830. The maximum absolute atomic E-state index is 4.57. The molecule has 1 aliphatic rings. The molecule has 0 aliphatic heterocycles. The number of hydrogen-bond donors (Lipinski definition) is 0. The number of hydrogen-bond acceptors (Lipinski definition) is 1. The summed E-state index contributed by atoms with van der Waals surface area (Å²) < 4.78 is 3.47. The van der Waals surface area contributed by atoms with E-state index >= 15 is 0 Å². The Morgan fingerprint density at radius 3 is 2.93 bits per heavy atom. The largest absolute Gasteiger partial charge is 0.325 e. The molecule has 3 rings (SSSR count). The van der Waals surface area contributed by atoms with Gasteiger partial charge < -0.3 is 4.57 Å². The quantitative estimate of drug-likeness (QED) is 0.759. The zero-order valence-electron chi connectivity index (χ0n) is 8.00. The van der Waals surface area contributed by atoms with Crippen molar-refractivity contribution in [2.24, 2.45) is 0 Å². The average molecular weight is 251 g/mol. The number of imidazole rings is 1. The standard InChI is InChI=1S/C11H11BrN2/c1-7-13-10-6-8(12)2-5-11(10)14(7)9-3-4-9/h2,5-6,9H,3-4H2,1H3. The number of benzene rings is 1. The van der Waals surface area contributed by atoms with Gasteiger partial charge in [-0.15, -0.1) is 0 Å². The summed E-state index contributed by atoms with van der Waals surface area (Å²) in [6.45, 7) is 2.09. The van der Waals surface area contributed by atoms with Crippen molar-refractivity contribution in [2.75, 3.05) is 0 Å². The predicted octanol–water partition coefficient (Wildman–Crippen LogP) is 3.44. The predicted molar refractivity (Wildman–Crippen MR) is 60.4 cm³/mol. The first-order chi connectivity index (χ1) is 6.75. The molecule has 0 N–H and O–H groups in total. The number of nitrogens with zero attached hydrogens (tertiary/aromatic N) is 2. The van der Waals surface area contributed by atoms with Gasteiger partial charge in [0.2, 0.25) is 0 Å². The van der Waals surface area contributed by atoms with Crippen molar-refractivity contribution < 1.29 is 0 Å². The second-order valence-electron chi connectivity index (χ2n) is 3.89. The van der Waals surface area contributed by atoms with Crippen LogP contribution in [0.2, 0.25) is 0 Å². The van der Waals surface area contributed by atoms with Crippen molar-refractivity contribution in [3.63, 3.8) is 0 Å². The highest BCUT2D eigenvalue weighted by Gasteiger charge is 2.26. The smallest absolute Gasteiger partial charge is 0.106 e. The molecule has 0 bridgehead atoms. The molecule has 14 heavy (non-hydrogen) atoms. The normalized spacial score (nSPS) is 16.4. The lowest BCUT2D eigenvalue weighted by Gasteiger charge is -2.03. The van der Waals surface area contributed by atoms with E-state index in [-0.39, 0.29) is 0 Å². The van der Waals surface area contributed by atoms with Gasteiger partial charge in [-0.3, -0.25) is 0 Å². The zero-order chi connectivity index (χ0) is 9.71. The van der Waals surface area contributed by atoms with E-state index < -0.39 is 0 Å². The Morgan fingerprint density at radius 1 is 1.43 bits per heavy atom. The van der Waals surface area contributed by atoms with Crippen LogP contribution in [0, 0.1) is 6.92 Å². The van der Waals surface area contributed by atoms with Gasteiger partial charge in [0.25, 0.3) is 0 Å². The van der Waals surface area contributed by atoms with Crippen LogP contribution in [0.15, 0.2) is 22.7 Å². The van der Waals surface area contributed by atoms with Gasteiger partial charge >= 0.3 is 0 Å². The van der Waals surface area contributed by atoms with Gasteiger partial charge in [-0.05, 0) is 38.0 Å². The topological polar surface area (TPSA) is 17.8 Å². The Balaban J connectivity index is 2.32. The van der Waals surface area contributed by atoms with Crippen LogP contribution in [0.1, 0.15) is 24.7 Å². The summed E-state index contributed by atoms with van der Waals surface area (Å²) in [5.74, 6) is 1.14. The molecule has 2 nitrogen and oxygen atoms in total. The van der Waals surface area contributed by atoms with Crippen LogP contribution >= 0.6 is 15.9 Å². The molecular formula is C11H11BrN2. The molecule has 0 saturated heterocycles. The fourth-order valence-electron chi connectivity index (χ4n) is 1.99. The van der Waals surface area contributed by atoms with E-state index in [9.17, 15) is 0 Å². The summed E-state index contributed by atoms with van der Waals surface area (Å²) in [5, 5.41) is 0. The lowest BCUT2D eigenvalue weighted by molar-refractivity contribution is 0.734. The van der Waals surface area contributed by atoms with Gasteiger partial charge in [-0.25, -0.2) is 4.98 Å². The molecule has 3 heteroatoms. The highest BCUT2D eigenvalue weighted by atomic mass is 79.9. The van der Waals surface area contributed by atoms with Gasteiger partial charge in [0.15, 0.2) is 0 Å². The maximum Gasteiger partial charge on any atom is 0.106 e. The zero-order valence-corrected chi connectivity index (χ0v) is 9.58. The van der Waals surface area contributed by atoms with Gasteiger partial charge in [0.05, 0.1) is 11.0 Å². The minimum Gasteiger partial charge on any atom is -0.325 e. The Kier molecular flexibility index (Phi) is 1.71. The Labute approximate surface area is 91.1 Å². The van der Waals surface area contributed by atoms with Crippen molar-refractivity contribution in [2.45, 2.75) is 25.8 Å². The molecule has 0 unspecified atom stereocenters. The Bertz CT molecular complexity index is 497. The third-order valence-electron chi connectivity index (χ3n) is 2.74. The minimum atomic E-state index is 0.709. The molecule has 72 valence electrons. The summed E-state index contributed by atoms with van der Waals surface area (Å²) in [5.41, 5.74) is 2.37. The van der Waals surface area contributed by atoms with Crippen LogP contribution < -0.4 is 0 Å². The number of fused-ring (bicyclic) bond motifs is 1. The molecule has 0 radical (unpaired) electrons. The van der Waals surface area contributed by atoms with E-state index in [0.717, 1.165) is 15.8 Å². The summed E-state index contributed by atoms with van der Waals surface area (Å²) >= 11 is 3.47. The first-order valence-electron chi connectivity index (χ1n) is 4.90. The second kappa shape index (κ2) is 2.83. The van der Waals surface area contributed by atoms with Gasteiger partial charge in [0.1, 0.15) is 5.82 Å². The summed E-state index contributed by atoms with van der Waals surface area (Å²) in [6.07, 6.45) is 2.62. The monoisotopic (exact) mass is 250 g/mol. The number of aryl methyl sites for hydroxylation is 1. The molecule has 1 fully saturated rings. The molecule has 1 saturated carbocycles. The average Bonchev–Trinajstić information content (AvgIpc) is 2.89. The molecular weight excluding hydrogens is 240 g/mol. The molecule has 1 aromatic heterocycles. The van der Waals surface area contributed by atoms with Crippen molar-refractivity contribution in [1.82, 2.24) is 9.55 Å². The molecule has 1 aromatic carbocycles. The lowest BCUT2D eigenvalue weighted by atomic mass is 10.3. The van der Waals surface area contributed by atoms with Crippen LogP contribution in [0.25, 0.3) is 11.0 Å². The second-order valence-corrected chi connectivity index (χ2v) is 4.81. The first kappa shape index (κ1) is 8.48. The first-order valence-corrected chi connectivity index (χ1v) is 5.69. The Morgan fingerprint density at radius 2 is 2.21 bits per heavy atom. The van der Waals surface area contributed by atoms with Crippen LogP contribution in [0.4, 0.5) is 0 Å². The van der Waals surface area contributed by atoms with E-state index in [1.807, 2.05) is 0 Å². The van der Waals surface area contributed by atoms with Gasteiger partial charge in [-0.1, -0.05) is 15.9 Å². The SMILES string of the molecule is Cc1nc2cc(Br)ccc2n1C1CC1. The van der Waals surface area contributed by atoms with Crippen molar-refractivity contribution >= 4 is 27.0 Å². The van der Waals surface area contributed by atoms with Crippen LogP contribution in [-0.2, 0) is 0 Å². The highest BCUT2D eigenvalue weighted by molar-refractivity contribution is 9.10. The van der Waals surface area contributed by atoms with E-state index in [1.54, 1.807) is 0 Å². The van der Waals surface area contributed by atoms with E-state index in [2.05, 4.69) is 50.6 Å².